The second-order valence-corrected chi connectivity index (χ2v) is 6.25. The Morgan fingerprint density at radius 2 is 1.69 bits per heavy atom. The summed E-state index contributed by atoms with van der Waals surface area (Å²) in [7, 11) is 0. The minimum absolute atomic E-state index is 0.308. The van der Waals surface area contributed by atoms with Gasteiger partial charge in [0.05, 0.1) is 6.04 Å². The van der Waals surface area contributed by atoms with Gasteiger partial charge in [0.1, 0.15) is 0 Å². The predicted molar refractivity (Wildman–Crippen MR) is 66.9 cm³/mol. The molecule has 1 nitrogen and oxygen atoms in total. The van der Waals surface area contributed by atoms with E-state index in [1.165, 1.54) is 32.1 Å². The fourth-order valence-corrected chi connectivity index (χ4v) is 4.71. The molecule has 4 fully saturated rings. The van der Waals surface area contributed by atoms with Crippen LogP contribution in [0.4, 0.5) is 0 Å². The van der Waals surface area contributed by atoms with Crippen LogP contribution in [0.2, 0.25) is 0 Å². The Labute approximate surface area is 99.4 Å². The second-order valence-electron chi connectivity index (χ2n) is 6.25. The van der Waals surface area contributed by atoms with Crippen molar-refractivity contribution < 1.29 is 0 Å². The SMILES string of the molecule is C#CC(CC)NC1C2CC3CC(C2)CC1C3. The summed E-state index contributed by atoms with van der Waals surface area (Å²) in [4.78, 5) is 0. The van der Waals surface area contributed by atoms with E-state index >= 15 is 0 Å². The van der Waals surface area contributed by atoms with Gasteiger partial charge in [-0.2, -0.15) is 0 Å². The van der Waals surface area contributed by atoms with E-state index in [1.807, 2.05) is 0 Å². The minimum Gasteiger partial charge on any atom is -0.300 e. The molecule has 0 spiro atoms. The summed E-state index contributed by atoms with van der Waals surface area (Å²) in [5.74, 6) is 6.91. The molecule has 4 rings (SSSR count). The molecule has 16 heavy (non-hydrogen) atoms. The monoisotopic (exact) mass is 217 g/mol. The van der Waals surface area contributed by atoms with E-state index in [4.69, 9.17) is 6.42 Å². The lowest BCUT2D eigenvalue weighted by Crippen LogP contribution is -2.56. The van der Waals surface area contributed by atoms with Crippen molar-refractivity contribution in [3.05, 3.63) is 0 Å². The number of nitrogens with one attached hydrogen (secondary N) is 1. The van der Waals surface area contributed by atoms with E-state index < -0.39 is 0 Å². The summed E-state index contributed by atoms with van der Waals surface area (Å²) in [6, 6.07) is 1.05. The number of hydrogen-bond donors (Lipinski definition) is 1. The first-order valence-electron chi connectivity index (χ1n) is 7.02. The molecule has 4 saturated carbocycles. The lowest BCUT2D eigenvalue weighted by atomic mass is 9.54. The van der Waals surface area contributed by atoms with Gasteiger partial charge in [-0.25, -0.2) is 0 Å². The van der Waals surface area contributed by atoms with Crippen LogP contribution in [0.3, 0.4) is 0 Å². The average Bonchev–Trinajstić information content (AvgIpc) is 2.28. The summed E-state index contributed by atoms with van der Waals surface area (Å²) in [6.07, 6.45) is 14.1. The molecule has 0 aromatic carbocycles. The maximum atomic E-state index is 5.57. The Balaban J connectivity index is 1.70. The van der Waals surface area contributed by atoms with Gasteiger partial charge in [-0.1, -0.05) is 12.8 Å². The molecule has 1 atom stereocenters. The third-order valence-electron chi connectivity index (χ3n) is 5.23. The van der Waals surface area contributed by atoms with Crippen molar-refractivity contribution in [3.63, 3.8) is 0 Å². The van der Waals surface area contributed by atoms with Crippen LogP contribution in [-0.2, 0) is 0 Å². The molecule has 1 heteroatoms. The van der Waals surface area contributed by atoms with Gasteiger partial charge in [-0.3, -0.25) is 0 Å². The Bertz CT molecular complexity index is 273. The quantitative estimate of drug-likeness (QED) is 0.717. The van der Waals surface area contributed by atoms with Gasteiger partial charge in [-0.05, 0) is 62.2 Å². The smallest absolute Gasteiger partial charge is 0.0686 e. The van der Waals surface area contributed by atoms with Gasteiger partial charge < -0.3 is 5.32 Å². The molecule has 0 saturated heterocycles. The zero-order valence-corrected chi connectivity index (χ0v) is 10.3. The molecule has 0 aromatic rings. The van der Waals surface area contributed by atoms with Gasteiger partial charge >= 0.3 is 0 Å². The highest BCUT2D eigenvalue weighted by Gasteiger charge is 2.48. The van der Waals surface area contributed by atoms with Gasteiger partial charge in [-0.15, -0.1) is 6.42 Å². The van der Waals surface area contributed by atoms with Crippen molar-refractivity contribution in [2.75, 3.05) is 0 Å². The minimum atomic E-state index is 0.308. The summed E-state index contributed by atoms with van der Waals surface area (Å²) < 4.78 is 0. The van der Waals surface area contributed by atoms with Gasteiger partial charge in [0, 0.05) is 6.04 Å². The third kappa shape index (κ3) is 1.68. The highest BCUT2D eigenvalue weighted by Crippen LogP contribution is 2.53. The predicted octanol–water partition coefficient (Wildman–Crippen LogP) is 2.81. The number of hydrogen-bond acceptors (Lipinski definition) is 1. The van der Waals surface area contributed by atoms with Crippen LogP contribution >= 0.6 is 0 Å². The average molecular weight is 217 g/mol. The Kier molecular flexibility index (Phi) is 2.72. The van der Waals surface area contributed by atoms with Crippen LogP contribution in [0.25, 0.3) is 0 Å². The van der Waals surface area contributed by atoms with Crippen molar-refractivity contribution in [3.8, 4) is 12.3 Å². The molecule has 0 heterocycles. The molecule has 4 bridgehead atoms. The van der Waals surface area contributed by atoms with Gasteiger partial charge in [0.15, 0.2) is 0 Å². The van der Waals surface area contributed by atoms with Crippen LogP contribution in [0.15, 0.2) is 0 Å². The van der Waals surface area contributed by atoms with Crippen LogP contribution in [0.5, 0.6) is 0 Å². The second kappa shape index (κ2) is 4.08. The van der Waals surface area contributed by atoms with E-state index in [2.05, 4.69) is 18.2 Å². The van der Waals surface area contributed by atoms with Crippen LogP contribution < -0.4 is 5.32 Å². The molecular formula is C15H23N. The molecule has 88 valence electrons. The molecule has 0 aliphatic heterocycles. The zero-order chi connectivity index (χ0) is 11.1. The van der Waals surface area contributed by atoms with Crippen LogP contribution in [0.1, 0.15) is 45.4 Å². The van der Waals surface area contributed by atoms with Crippen molar-refractivity contribution >= 4 is 0 Å². The highest BCUT2D eigenvalue weighted by molar-refractivity contribution is 5.06. The van der Waals surface area contributed by atoms with Crippen molar-refractivity contribution in [2.45, 2.75) is 57.5 Å². The van der Waals surface area contributed by atoms with Crippen LogP contribution in [0, 0.1) is 36.0 Å². The molecule has 0 aromatic heterocycles. The Morgan fingerprint density at radius 1 is 1.12 bits per heavy atom. The van der Waals surface area contributed by atoms with E-state index in [0.29, 0.717) is 6.04 Å². The fraction of sp³-hybridized carbons (Fsp3) is 0.867. The summed E-state index contributed by atoms with van der Waals surface area (Å²) in [6.45, 7) is 2.19. The molecular weight excluding hydrogens is 194 g/mol. The highest BCUT2D eigenvalue weighted by atomic mass is 15.0. The zero-order valence-electron chi connectivity index (χ0n) is 10.3. The molecule has 0 radical (unpaired) electrons. The largest absolute Gasteiger partial charge is 0.300 e. The normalized spacial score (nSPS) is 46.6. The van der Waals surface area contributed by atoms with Gasteiger partial charge in [0.25, 0.3) is 0 Å². The van der Waals surface area contributed by atoms with Crippen molar-refractivity contribution in [1.82, 2.24) is 5.32 Å². The number of terminal acetylenes is 1. The fourth-order valence-electron chi connectivity index (χ4n) is 4.71. The first-order chi connectivity index (χ1) is 7.80. The number of rotatable bonds is 3. The Morgan fingerprint density at radius 3 is 2.12 bits per heavy atom. The van der Waals surface area contributed by atoms with E-state index in [1.54, 1.807) is 0 Å². The van der Waals surface area contributed by atoms with Crippen molar-refractivity contribution in [2.24, 2.45) is 23.7 Å². The topological polar surface area (TPSA) is 12.0 Å². The van der Waals surface area contributed by atoms with E-state index in [9.17, 15) is 0 Å². The van der Waals surface area contributed by atoms with Gasteiger partial charge in [0.2, 0.25) is 0 Å². The van der Waals surface area contributed by atoms with E-state index in [-0.39, 0.29) is 0 Å². The standard InChI is InChI=1S/C15H23N/c1-3-14(4-2)16-15-12-6-10-5-11(8-12)9-13(15)7-10/h1,10-16H,4-9H2,2H3. The molecule has 1 N–H and O–H groups in total. The maximum Gasteiger partial charge on any atom is 0.0686 e. The van der Waals surface area contributed by atoms with E-state index in [0.717, 1.165) is 36.1 Å². The first-order valence-corrected chi connectivity index (χ1v) is 7.02. The molecule has 0 amide bonds. The lowest BCUT2D eigenvalue weighted by molar-refractivity contribution is -0.0157. The molecule has 4 aliphatic carbocycles. The maximum absolute atomic E-state index is 5.57. The molecule has 4 aliphatic rings. The Hall–Kier alpha value is -0.480. The van der Waals surface area contributed by atoms with Crippen LogP contribution in [-0.4, -0.2) is 12.1 Å². The third-order valence-corrected chi connectivity index (χ3v) is 5.23. The summed E-state index contributed by atoms with van der Waals surface area (Å²) in [5, 5.41) is 3.76. The molecule has 1 unspecified atom stereocenters. The van der Waals surface area contributed by atoms with Crippen molar-refractivity contribution in [1.29, 1.82) is 0 Å². The summed E-state index contributed by atoms with van der Waals surface area (Å²) in [5.41, 5.74) is 0. The summed E-state index contributed by atoms with van der Waals surface area (Å²) >= 11 is 0. The lowest BCUT2D eigenvalue weighted by Gasteiger charge is -2.55. The first kappa shape index (κ1) is 10.7.